The summed E-state index contributed by atoms with van der Waals surface area (Å²) in [6.45, 7) is 13.2. The fourth-order valence-electron chi connectivity index (χ4n) is 4.93. The second-order valence-corrected chi connectivity index (χ2v) is 11.1. The zero-order valence-corrected chi connectivity index (χ0v) is 23.7. The number of pyridine rings is 1. The normalized spacial score (nSPS) is 14.5. The van der Waals surface area contributed by atoms with Crippen molar-refractivity contribution in [3.8, 4) is 23.0 Å². The molecule has 8 heteroatoms. The number of piperidine rings is 1. The molecule has 4 rings (SSSR count). The Morgan fingerprint density at radius 1 is 1.03 bits per heavy atom. The maximum atomic E-state index is 12.5. The van der Waals surface area contributed by atoms with E-state index in [1.54, 1.807) is 4.90 Å². The molecule has 38 heavy (non-hydrogen) atoms. The van der Waals surface area contributed by atoms with Crippen molar-refractivity contribution < 1.29 is 14.3 Å². The Bertz CT molecular complexity index is 1210. The van der Waals surface area contributed by atoms with Crippen LogP contribution in [0.3, 0.4) is 0 Å². The van der Waals surface area contributed by atoms with Crippen LogP contribution in [0.15, 0.2) is 36.4 Å². The predicted molar refractivity (Wildman–Crippen MR) is 149 cm³/mol. The van der Waals surface area contributed by atoms with Gasteiger partial charge in [0.15, 0.2) is 0 Å². The van der Waals surface area contributed by atoms with Gasteiger partial charge in [-0.3, -0.25) is 0 Å². The van der Waals surface area contributed by atoms with E-state index in [0.717, 1.165) is 61.4 Å². The molecule has 2 aromatic heterocycles. The predicted octanol–water partition coefficient (Wildman–Crippen LogP) is 6.92. The molecule has 0 N–H and O–H groups in total. The van der Waals surface area contributed by atoms with Gasteiger partial charge in [-0.2, -0.15) is 0 Å². The van der Waals surface area contributed by atoms with Crippen molar-refractivity contribution in [2.75, 3.05) is 13.1 Å². The van der Waals surface area contributed by atoms with Crippen LogP contribution >= 0.6 is 0 Å². The Kier molecular flexibility index (Phi) is 8.69. The van der Waals surface area contributed by atoms with Crippen LogP contribution < -0.4 is 4.74 Å². The van der Waals surface area contributed by atoms with Crippen LogP contribution in [0, 0.1) is 6.92 Å². The van der Waals surface area contributed by atoms with Crippen molar-refractivity contribution in [1.82, 2.24) is 24.9 Å². The summed E-state index contributed by atoms with van der Waals surface area (Å²) in [6.07, 6.45) is 5.52. The summed E-state index contributed by atoms with van der Waals surface area (Å²) in [5.74, 6) is 1.37. The minimum atomic E-state index is -0.502. The van der Waals surface area contributed by atoms with Crippen molar-refractivity contribution >= 4 is 6.09 Å². The lowest BCUT2D eigenvalue weighted by molar-refractivity contribution is 0.0185. The van der Waals surface area contributed by atoms with Gasteiger partial charge < -0.3 is 14.4 Å². The van der Waals surface area contributed by atoms with Crippen molar-refractivity contribution in [3.63, 3.8) is 0 Å². The molecule has 0 bridgehead atoms. The average Bonchev–Trinajstić information content (AvgIpc) is 3.25. The molecule has 204 valence electrons. The van der Waals surface area contributed by atoms with Crippen LogP contribution in [0.25, 0.3) is 11.4 Å². The zero-order chi connectivity index (χ0) is 27.3. The Balaban J connectivity index is 1.52. The first-order valence-electron chi connectivity index (χ1n) is 13.8. The fourth-order valence-corrected chi connectivity index (χ4v) is 4.93. The molecule has 0 unspecified atom stereocenters. The molecule has 0 saturated carbocycles. The third-order valence-electron chi connectivity index (χ3n) is 6.62. The van der Waals surface area contributed by atoms with E-state index >= 15 is 0 Å². The van der Waals surface area contributed by atoms with E-state index in [-0.39, 0.29) is 12.1 Å². The van der Waals surface area contributed by atoms with Gasteiger partial charge in [-0.05, 0) is 82.7 Å². The van der Waals surface area contributed by atoms with Gasteiger partial charge in [-0.25, -0.2) is 14.5 Å². The average molecular weight is 520 g/mol. The van der Waals surface area contributed by atoms with Crippen molar-refractivity contribution in [3.05, 3.63) is 53.2 Å². The molecule has 1 aromatic carbocycles. The number of aryl methyl sites for hydroxylation is 3. The number of carbonyl (C=O) groups excluding carboxylic acids is 1. The summed E-state index contributed by atoms with van der Waals surface area (Å²) in [4.78, 5) is 19.1. The molecule has 0 spiro atoms. The minimum Gasteiger partial charge on any atom is -0.444 e. The van der Waals surface area contributed by atoms with Crippen LogP contribution in [0.1, 0.15) is 83.2 Å². The quantitative estimate of drug-likeness (QED) is 0.321. The fraction of sp³-hybridized carbons (Fsp3) is 0.533. The molecule has 1 amide bonds. The van der Waals surface area contributed by atoms with Gasteiger partial charge >= 0.3 is 6.09 Å². The van der Waals surface area contributed by atoms with Gasteiger partial charge in [-0.1, -0.05) is 44.0 Å². The molecular formula is C30H41N5O3. The van der Waals surface area contributed by atoms with Crippen LogP contribution in [0.4, 0.5) is 4.79 Å². The lowest BCUT2D eigenvalue weighted by Gasteiger charge is -2.33. The molecule has 8 nitrogen and oxygen atoms in total. The molecule has 0 atom stereocenters. The summed E-state index contributed by atoms with van der Waals surface area (Å²) in [7, 11) is 0. The highest BCUT2D eigenvalue weighted by Gasteiger charge is 2.30. The standard InChI is InChI=1S/C30H41N5O3/c1-7-10-22-18-23(11-8-2)20-25(19-22)37-27-13-9-12-26(31-27)28-21(3)32-33-35(28)24-14-16-34(17-15-24)29(36)38-30(4,5)6/h9,12-13,18-20,24H,7-8,10-11,14-17H2,1-6H3. The summed E-state index contributed by atoms with van der Waals surface area (Å²) in [5.41, 5.74) is 4.56. The third kappa shape index (κ3) is 6.91. The van der Waals surface area contributed by atoms with Crippen LogP contribution in [0.2, 0.25) is 0 Å². The van der Waals surface area contributed by atoms with Gasteiger partial charge in [0.25, 0.3) is 0 Å². The van der Waals surface area contributed by atoms with Gasteiger partial charge in [0, 0.05) is 19.2 Å². The van der Waals surface area contributed by atoms with E-state index in [2.05, 4.69) is 42.4 Å². The smallest absolute Gasteiger partial charge is 0.410 e. The number of hydrogen-bond donors (Lipinski definition) is 0. The maximum Gasteiger partial charge on any atom is 0.410 e. The van der Waals surface area contributed by atoms with Crippen LogP contribution in [0.5, 0.6) is 11.6 Å². The summed E-state index contributed by atoms with van der Waals surface area (Å²) in [5, 5.41) is 8.85. The number of rotatable bonds is 8. The topological polar surface area (TPSA) is 82.4 Å². The Labute approximate surface area is 226 Å². The number of carbonyl (C=O) groups is 1. The van der Waals surface area contributed by atoms with Gasteiger partial charge in [0.1, 0.15) is 17.0 Å². The lowest BCUT2D eigenvalue weighted by atomic mass is 10.0. The summed E-state index contributed by atoms with van der Waals surface area (Å²) < 4.78 is 13.8. The monoisotopic (exact) mass is 519 g/mol. The van der Waals surface area contributed by atoms with Gasteiger partial charge in [-0.15, -0.1) is 5.10 Å². The minimum absolute atomic E-state index is 0.124. The first-order chi connectivity index (χ1) is 18.2. The number of nitrogens with zero attached hydrogens (tertiary/aromatic N) is 5. The molecule has 1 saturated heterocycles. The van der Waals surface area contributed by atoms with Crippen molar-refractivity contribution in [1.29, 1.82) is 0 Å². The largest absolute Gasteiger partial charge is 0.444 e. The number of ether oxygens (including phenoxy) is 2. The summed E-state index contributed by atoms with van der Waals surface area (Å²) >= 11 is 0. The zero-order valence-electron chi connectivity index (χ0n) is 23.7. The first kappa shape index (κ1) is 27.6. The molecule has 3 heterocycles. The highest BCUT2D eigenvalue weighted by molar-refractivity contribution is 5.68. The molecule has 1 fully saturated rings. The number of likely N-dealkylation sites (tertiary alicyclic amines) is 1. The Morgan fingerprint density at radius 2 is 1.68 bits per heavy atom. The Hall–Kier alpha value is -3.42. The molecular weight excluding hydrogens is 478 g/mol. The first-order valence-corrected chi connectivity index (χ1v) is 13.8. The lowest BCUT2D eigenvalue weighted by Crippen LogP contribution is -2.42. The van der Waals surface area contributed by atoms with E-state index in [4.69, 9.17) is 14.5 Å². The molecule has 0 radical (unpaired) electrons. The maximum absolute atomic E-state index is 12.5. The van der Waals surface area contributed by atoms with Gasteiger partial charge in [0.2, 0.25) is 5.88 Å². The number of hydrogen-bond acceptors (Lipinski definition) is 6. The second-order valence-electron chi connectivity index (χ2n) is 11.1. The van der Waals surface area contributed by atoms with Crippen molar-refractivity contribution in [2.24, 2.45) is 0 Å². The van der Waals surface area contributed by atoms with Crippen LogP contribution in [-0.2, 0) is 17.6 Å². The molecule has 1 aliphatic heterocycles. The van der Waals surface area contributed by atoms with Crippen LogP contribution in [-0.4, -0.2) is 49.7 Å². The van der Waals surface area contributed by atoms with E-state index in [9.17, 15) is 4.79 Å². The molecule has 1 aliphatic rings. The third-order valence-corrected chi connectivity index (χ3v) is 6.62. The SMILES string of the molecule is CCCc1cc(CCC)cc(Oc2cccc(-c3c(C)nnn3C3CCN(C(=O)OC(C)(C)C)CC3)n2)c1. The van der Waals surface area contributed by atoms with E-state index < -0.39 is 5.60 Å². The Morgan fingerprint density at radius 3 is 2.29 bits per heavy atom. The number of benzene rings is 1. The second kappa shape index (κ2) is 12.0. The molecule has 0 aliphatic carbocycles. The van der Waals surface area contributed by atoms with E-state index in [1.165, 1.54) is 11.1 Å². The highest BCUT2D eigenvalue weighted by atomic mass is 16.6. The van der Waals surface area contributed by atoms with E-state index in [1.807, 2.05) is 50.6 Å². The van der Waals surface area contributed by atoms with E-state index in [0.29, 0.717) is 19.0 Å². The summed E-state index contributed by atoms with van der Waals surface area (Å²) in [6, 6.07) is 12.5. The number of aromatic nitrogens is 4. The van der Waals surface area contributed by atoms with Crippen molar-refractivity contribution in [2.45, 2.75) is 91.7 Å². The number of amides is 1. The molecule has 3 aromatic rings. The van der Waals surface area contributed by atoms with Gasteiger partial charge in [0.05, 0.1) is 17.4 Å². The highest BCUT2D eigenvalue weighted by Crippen LogP contribution is 2.31.